The molecule has 0 amide bonds. The molecule has 19 heavy (non-hydrogen) atoms. The van der Waals surface area contributed by atoms with Crippen molar-refractivity contribution in [1.29, 1.82) is 0 Å². The van der Waals surface area contributed by atoms with Crippen molar-refractivity contribution >= 4 is 31.5 Å². The molecule has 0 spiro atoms. The van der Waals surface area contributed by atoms with E-state index in [0.29, 0.717) is 4.70 Å². The molecule has 0 unspecified atom stereocenters. The van der Waals surface area contributed by atoms with E-state index in [9.17, 15) is 21.6 Å². The number of halogens is 3. The molecule has 0 saturated carbocycles. The minimum absolute atomic E-state index is 0. The summed E-state index contributed by atoms with van der Waals surface area (Å²) >= 11 is 0.745. The summed E-state index contributed by atoms with van der Waals surface area (Å²) in [4.78, 5) is 0. The summed E-state index contributed by atoms with van der Waals surface area (Å²) in [5.74, 6) is 0. The number of rotatable bonds is 1. The SMILES string of the molecule is Cc1c(S(=O)(=O)O)sc2ccc(C(F)(F)F)cc12.[H-].[Na+]. The Morgan fingerprint density at radius 2 is 1.89 bits per heavy atom. The first-order valence-electron chi connectivity index (χ1n) is 4.68. The van der Waals surface area contributed by atoms with Gasteiger partial charge in [-0.2, -0.15) is 21.6 Å². The first-order chi connectivity index (χ1) is 8.10. The zero-order valence-electron chi connectivity index (χ0n) is 10.9. The van der Waals surface area contributed by atoms with E-state index in [4.69, 9.17) is 4.55 Å². The predicted octanol–water partition coefficient (Wildman–Crippen LogP) is 0.592. The van der Waals surface area contributed by atoms with Crippen LogP contribution in [0.15, 0.2) is 22.4 Å². The molecular weight excluding hydrogens is 312 g/mol. The molecule has 0 fully saturated rings. The quantitative estimate of drug-likeness (QED) is 0.618. The van der Waals surface area contributed by atoms with Gasteiger partial charge in [-0.25, -0.2) is 0 Å². The Kier molecular flexibility index (Phi) is 4.76. The zero-order chi connectivity index (χ0) is 13.7. The molecule has 100 valence electrons. The van der Waals surface area contributed by atoms with Crippen LogP contribution in [0.25, 0.3) is 10.1 Å². The molecule has 0 aliphatic carbocycles. The number of benzene rings is 1. The van der Waals surface area contributed by atoms with Crippen molar-refractivity contribution in [2.45, 2.75) is 17.3 Å². The van der Waals surface area contributed by atoms with Crippen LogP contribution in [0, 0.1) is 6.92 Å². The summed E-state index contributed by atoms with van der Waals surface area (Å²) in [5, 5.41) is 0.183. The molecule has 0 aliphatic rings. The van der Waals surface area contributed by atoms with E-state index in [0.717, 1.165) is 23.5 Å². The van der Waals surface area contributed by atoms with Gasteiger partial charge in [-0.1, -0.05) is 0 Å². The Morgan fingerprint density at radius 3 is 2.37 bits per heavy atom. The Bertz CT molecular complexity index is 725. The molecule has 9 heteroatoms. The maximum atomic E-state index is 12.5. The van der Waals surface area contributed by atoms with Gasteiger partial charge < -0.3 is 1.43 Å². The minimum atomic E-state index is -4.49. The van der Waals surface area contributed by atoms with Crippen LogP contribution < -0.4 is 29.6 Å². The average molecular weight is 320 g/mol. The summed E-state index contributed by atoms with van der Waals surface area (Å²) in [7, 11) is -4.41. The maximum absolute atomic E-state index is 12.5. The van der Waals surface area contributed by atoms with Gasteiger partial charge in [0.25, 0.3) is 0 Å². The Morgan fingerprint density at radius 1 is 1.32 bits per heavy atom. The van der Waals surface area contributed by atoms with E-state index in [1.165, 1.54) is 13.0 Å². The van der Waals surface area contributed by atoms with Crippen molar-refractivity contribution in [2.24, 2.45) is 0 Å². The number of fused-ring (bicyclic) bond motifs is 1. The molecule has 0 bridgehead atoms. The van der Waals surface area contributed by atoms with Gasteiger partial charge in [0.1, 0.15) is 0 Å². The molecule has 0 radical (unpaired) electrons. The smallest absolute Gasteiger partial charge is 1.00 e. The van der Waals surface area contributed by atoms with E-state index in [1.54, 1.807) is 0 Å². The number of hydrogen-bond acceptors (Lipinski definition) is 3. The fourth-order valence-electron chi connectivity index (χ4n) is 1.62. The molecule has 1 heterocycles. The fourth-order valence-corrected chi connectivity index (χ4v) is 3.73. The van der Waals surface area contributed by atoms with Gasteiger partial charge in [0.05, 0.1) is 5.56 Å². The molecule has 0 saturated heterocycles. The second-order valence-electron chi connectivity index (χ2n) is 3.70. The van der Waals surface area contributed by atoms with Crippen LogP contribution in [0.4, 0.5) is 13.2 Å². The van der Waals surface area contributed by atoms with Crippen LogP contribution in [0.5, 0.6) is 0 Å². The van der Waals surface area contributed by atoms with Gasteiger partial charge in [0.15, 0.2) is 4.21 Å². The van der Waals surface area contributed by atoms with Gasteiger partial charge in [-0.15, -0.1) is 11.3 Å². The molecule has 0 aliphatic heterocycles. The van der Waals surface area contributed by atoms with Gasteiger partial charge >= 0.3 is 45.9 Å². The second-order valence-corrected chi connectivity index (χ2v) is 6.37. The van der Waals surface area contributed by atoms with Crippen LogP contribution in [-0.2, 0) is 16.3 Å². The van der Waals surface area contributed by atoms with Crippen molar-refractivity contribution in [1.82, 2.24) is 0 Å². The molecule has 3 nitrogen and oxygen atoms in total. The normalized spacial score (nSPS) is 12.5. The maximum Gasteiger partial charge on any atom is 1.00 e. The predicted molar refractivity (Wildman–Crippen MR) is 62.5 cm³/mol. The summed E-state index contributed by atoms with van der Waals surface area (Å²) in [5.41, 5.74) is -0.721. The van der Waals surface area contributed by atoms with Gasteiger partial charge in [-0.05, 0) is 36.1 Å². The molecule has 1 aromatic carbocycles. The van der Waals surface area contributed by atoms with Crippen molar-refractivity contribution in [3.63, 3.8) is 0 Å². The standard InChI is InChI=1S/C10H7F3O3S2.Na.H/c1-5-7-4-6(10(11,12)13)2-3-8(7)17-9(5)18(14,15)16;;/h2-4H,1H3,(H,14,15,16);;/q;+1;-1. The third-order valence-electron chi connectivity index (χ3n) is 2.45. The van der Waals surface area contributed by atoms with Crippen LogP contribution in [-0.4, -0.2) is 13.0 Å². The van der Waals surface area contributed by atoms with Crippen LogP contribution in [0.2, 0.25) is 0 Å². The van der Waals surface area contributed by atoms with Crippen LogP contribution in [0.1, 0.15) is 12.6 Å². The first kappa shape index (κ1) is 16.9. The van der Waals surface area contributed by atoms with Crippen LogP contribution >= 0.6 is 11.3 Å². The van der Waals surface area contributed by atoms with E-state index in [1.807, 2.05) is 0 Å². The molecular formula is C10H8F3NaO3S2. The molecule has 2 rings (SSSR count). The Balaban J connectivity index is 0.00000180. The third-order valence-corrected chi connectivity index (χ3v) is 5.18. The van der Waals surface area contributed by atoms with E-state index < -0.39 is 21.9 Å². The van der Waals surface area contributed by atoms with E-state index in [2.05, 4.69) is 0 Å². The minimum Gasteiger partial charge on any atom is -1.00 e. The Hall–Kier alpha value is -0.120. The van der Waals surface area contributed by atoms with Crippen LogP contribution in [0.3, 0.4) is 0 Å². The van der Waals surface area contributed by atoms with Crippen molar-refractivity contribution in [3.8, 4) is 0 Å². The van der Waals surface area contributed by atoms with Gasteiger partial charge in [0, 0.05) is 4.70 Å². The van der Waals surface area contributed by atoms with E-state index >= 15 is 0 Å². The third kappa shape index (κ3) is 3.32. The van der Waals surface area contributed by atoms with Gasteiger partial charge in [0.2, 0.25) is 0 Å². The summed E-state index contributed by atoms with van der Waals surface area (Å²) < 4.78 is 68.7. The number of alkyl halides is 3. The summed E-state index contributed by atoms with van der Waals surface area (Å²) in [6.07, 6.45) is -4.49. The molecule has 1 aromatic heterocycles. The molecule has 1 N–H and O–H groups in total. The fraction of sp³-hybridized carbons (Fsp3) is 0.200. The topological polar surface area (TPSA) is 54.4 Å². The number of thiophene rings is 1. The van der Waals surface area contributed by atoms with Crippen molar-refractivity contribution < 1.29 is 57.1 Å². The largest absolute Gasteiger partial charge is 1.00 e. The van der Waals surface area contributed by atoms with E-state index in [-0.39, 0.29) is 46.1 Å². The summed E-state index contributed by atoms with van der Waals surface area (Å²) in [6.45, 7) is 1.36. The average Bonchev–Trinajstić information content (AvgIpc) is 2.54. The molecule has 2 aromatic rings. The Labute approximate surface area is 135 Å². The zero-order valence-corrected chi connectivity index (χ0v) is 13.6. The first-order valence-corrected chi connectivity index (χ1v) is 6.94. The number of aryl methyl sites for hydroxylation is 1. The molecule has 0 atom stereocenters. The monoisotopic (exact) mass is 320 g/mol. The van der Waals surface area contributed by atoms with Gasteiger partial charge in [-0.3, -0.25) is 4.55 Å². The summed E-state index contributed by atoms with van der Waals surface area (Å²) in [6, 6.07) is 2.96. The number of hydrogen-bond donors (Lipinski definition) is 1. The van der Waals surface area contributed by atoms with Crippen molar-refractivity contribution in [2.75, 3.05) is 0 Å². The van der Waals surface area contributed by atoms with Crippen molar-refractivity contribution in [3.05, 3.63) is 29.3 Å². The second kappa shape index (κ2) is 5.34.